The lowest BCUT2D eigenvalue weighted by Gasteiger charge is -2.22. The molecule has 0 aromatic heterocycles. The Bertz CT molecular complexity index is 997. The molecule has 5 heteroatoms. The number of ether oxygens (including phenoxy) is 3. The number of benzene rings is 3. The van der Waals surface area contributed by atoms with Crippen LogP contribution in [0.1, 0.15) is 25.0 Å². The molecule has 0 saturated carbocycles. The minimum absolute atomic E-state index is 0.281. The van der Waals surface area contributed by atoms with Crippen molar-refractivity contribution in [2.45, 2.75) is 19.4 Å². The van der Waals surface area contributed by atoms with Gasteiger partial charge in [-0.15, -0.1) is 0 Å². The Kier molecular flexibility index (Phi) is 6.05. The molecule has 5 nitrogen and oxygen atoms in total. The van der Waals surface area contributed by atoms with E-state index >= 15 is 0 Å². The van der Waals surface area contributed by atoms with Crippen LogP contribution in [0, 0.1) is 0 Å². The van der Waals surface area contributed by atoms with Gasteiger partial charge >= 0.3 is 5.97 Å². The third kappa shape index (κ3) is 4.04. The highest BCUT2D eigenvalue weighted by Gasteiger charge is 2.21. The number of carbonyl (C=O) groups is 1. The van der Waals surface area contributed by atoms with Crippen molar-refractivity contribution in [3.05, 3.63) is 48.0 Å². The maximum atomic E-state index is 11.8. The average Bonchev–Trinajstić information content (AvgIpc) is 2.69. The summed E-state index contributed by atoms with van der Waals surface area (Å²) in [6.07, 6.45) is 0.384. The first-order valence-electron chi connectivity index (χ1n) is 9.34. The molecule has 0 saturated heterocycles. The lowest BCUT2D eigenvalue weighted by atomic mass is 9.92. The second-order valence-electron chi connectivity index (χ2n) is 7.13. The van der Waals surface area contributed by atoms with Gasteiger partial charge in [0.05, 0.1) is 14.2 Å². The van der Waals surface area contributed by atoms with Gasteiger partial charge < -0.3 is 19.1 Å². The van der Waals surface area contributed by atoms with E-state index in [0.29, 0.717) is 6.42 Å². The zero-order valence-corrected chi connectivity index (χ0v) is 17.1. The van der Waals surface area contributed by atoms with Crippen LogP contribution in [0.4, 0.5) is 0 Å². The van der Waals surface area contributed by atoms with Crippen molar-refractivity contribution in [2.24, 2.45) is 0 Å². The molecular formula is C23H27NO4. The van der Waals surface area contributed by atoms with Crippen LogP contribution in [-0.2, 0) is 9.53 Å². The number of carbonyl (C=O) groups excluding carboxylic acids is 1. The van der Waals surface area contributed by atoms with Crippen LogP contribution in [-0.4, -0.2) is 45.7 Å². The third-order valence-electron chi connectivity index (χ3n) is 4.89. The van der Waals surface area contributed by atoms with E-state index in [1.54, 1.807) is 14.2 Å². The molecule has 0 aliphatic heterocycles. The van der Waals surface area contributed by atoms with Gasteiger partial charge in [-0.25, -0.2) is 0 Å². The minimum Gasteiger partial charge on any atom is -0.497 e. The maximum Gasteiger partial charge on any atom is 0.303 e. The van der Waals surface area contributed by atoms with E-state index in [2.05, 4.69) is 17.0 Å². The van der Waals surface area contributed by atoms with Gasteiger partial charge in [0.1, 0.15) is 17.6 Å². The Hall–Kier alpha value is -2.79. The Balaban J connectivity index is 2.29. The quantitative estimate of drug-likeness (QED) is 0.443. The van der Waals surface area contributed by atoms with Crippen molar-refractivity contribution in [3.8, 4) is 11.5 Å². The molecule has 0 N–H and O–H groups in total. The summed E-state index contributed by atoms with van der Waals surface area (Å²) in [7, 11) is 7.36. The van der Waals surface area contributed by atoms with Gasteiger partial charge in [0.15, 0.2) is 0 Å². The lowest BCUT2D eigenvalue weighted by molar-refractivity contribution is -0.147. The van der Waals surface area contributed by atoms with Crippen LogP contribution < -0.4 is 9.47 Å². The Morgan fingerprint density at radius 3 is 2.46 bits per heavy atom. The fraction of sp³-hybridized carbons (Fsp3) is 0.348. The molecule has 3 rings (SSSR count). The van der Waals surface area contributed by atoms with Crippen LogP contribution in [0.2, 0.25) is 0 Å². The van der Waals surface area contributed by atoms with E-state index in [9.17, 15) is 4.79 Å². The summed E-state index contributed by atoms with van der Waals surface area (Å²) in [5, 5.41) is 4.11. The van der Waals surface area contributed by atoms with Gasteiger partial charge in [0, 0.05) is 30.8 Å². The van der Waals surface area contributed by atoms with Crippen LogP contribution in [0.25, 0.3) is 21.5 Å². The fourth-order valence-corrected chi connectivity index (χ4v) is 3.60. The molecule has 0 aliphatic carbocycles. The Morgan fingerprint density at radius 2 is 1.82 bits per heavy atom. The highest BCUT2D eigenvalue weighted by Crippen LogP contribution is 2.40. The SMILES string of the molecule is COc1ccc2c([C@H](CCN(C)C)OC(C)=O)cc3cccc(OC)c3c2c1. The van der Waals surface area contributed by atoms with E-state index in [1.807, 2.05) is 44.4 Å². The summed E-state index contributed by atoms with van der Waals surface area (Å²) >= 11 is 0. The molecule has 0 unspecified atom stereocenters. The predicted octanol–water partition coefficient (Wildman–Crippen LogP) is 4.57. The van der Waals surface area contributed by atoms with Crippen molar-refractivity contribution in [1.29, 1.82) is 0 Å². The largest absolute Gasteiger partial charge is 0.497 e. The molecule has 0 bridgehead atoms. The van der Waals surface area contributed by atoms with Gasteiger partial charge in [0.25, 0.3) is 0 Å². The molecule has 0 fully saturated rings. The number of esters is 1. The van der Waals surface area contributed by atoms with Crippen molar-refractivity contribution >= 4 is 27.5 Å². The topological polar surface area (TPSA) is 48.0 Å². The molecule has 3 aromatic carbocycles. The summed E-state index contributed by atoms with van der Waals surface area (Å²) in [6.45, 7) is 2.27. The van der Waals surface area contributed by atoms with Crippen LogP contribution >= 0.6 is 0 Å². The predicted molar refractivity (Wildman–Crippen MR) is 112 cm³/mol. The van der Waals surface area contributed by atoms with Crippen LogP contribution in [0.15, 0.2) is 42.5 Å². The second-order valence-corrected chi connectivity index (χ2v) is 7.13. The van der Waals surface area contributed by atoms with Crippen LogP contribution in [0.3, 0.4) is 0 Å². The number of hydrogen-bond donors (Lipinski definition) is 0. The van der Waals surface area contributed by atoms with Gasteiger partial charge in [-0.3, -0.25) is 4.79 Å². The molecule has 28 heavy (non-hydrogen) atoms. The minimum atomic E-state index is -0.327. The molecular weight excluding hydrogens is 354 g/mol. The zero-order chi connectivity index (χ0) is 20.3. The number of nitrogens with zero attached hydrogens (tertiary/aromatic N) is 1. The summed E-state index contributed by atoms with van der Waals surface area (Å²) in [5.74, 6) is 1.30. The molecule has 1 atom stereocenters. The molecule has 0 amide bonds. The summed E-state index contributed by atoms with van der Waals surface area (Å²) in [4.78, 5) is 13.9. The lowest BCUT2D eigenvalue weighted by Crippen LogP contribution is -2.18. The highest BCUT2D eigenvalue weighted by molar-refractivity contribution is 6.12. The van der Waals surface area contributed by atoms with Crippen molar-refractivity contribution < 1.29 is 19.0 Å². The van der Waals surface area contributed by atoms with E-state index in [4.69, 9.17) is 14.2 Å². The first kappa shape index (κ1) is 20.0. The summed E-state index contributed by atoms with van der Waals surface area (Å²) < 4.78 is 16.8. The Morgan fingerprint density at radius 1 is 1.04 bits per heavy atom. The normalized spacial score (nSPS) is 12.4. The van der Waals surface area contributed by atoms with E-state index < -0.39 is 0 Å². The first-order chi connectivity index (χ1) is 13.4. The van der Waals surface area contributed by atoms with E-state index in [-0.39, 0.29) is 12.1 Å². The number of hydrogen-bond acceptors (Lipinski definition) is 5. The molecule has 3 aromatic rings. The molecule has 0 radical (unpaired) electrons. The number of rotatable bonds is 7. The van der Waals surface area contributed by atoms with Crippen LogP contribution in [0.5, 0.6) is 11.5 Å². The van der Waals surface area contributed by atoms with Crippen molar-refractivity contribution in [2.75, 3.05) is 34.9 Å². The third-order valence-corrected chi connectivity index (χ3v) is 4.89. The van der Waals surface area contributed by atoms with Gasteiger partial charge in [-0.05, 0) is 54.5 Å². The molecule has 0 heterocycles. The smallest absolute Gasteiger partial charge is 0.303 e. The van der Waals surface area contributed by atoms with E-state index in [1.165, 1.54) is 6.92 Å². The van der Waals surface area contributed by atoms with Gasteiger partial charge in [-0.1, -0.05) is 18.2 Å². The number of methoxy groups -OCH3 is 2. The maximum absolute atomic E-state index is 11.8. The first-order valence-corrected chi connectivity index (χ1v) is 9.34. The Labute approximate surface area is 165 Å². The molecule has 0 aliphatic rings. The van der Waals surface area contributed by atoms with Crippen molar-refractivity contribution in [3.63, 3.8) is 0 Å². The zero-order valence-electron chi connectivity index (χ0n) is 17.1. The van der Waals surface area contributed by atoms with Gasteiger partial charge in [-0.2, -0.15) is 0 Å². The molecule has 148 valence electrons. The fourth-order valence-electron chi connectivity index (χ4n) is 3.60. The standard InChI is InChI=1S/C23H27NO4/c1-15(25)28-21(11-12-24(2)3)19-13-16-7-6-8-22(27-5)23(16)20-14-17(26-4)9-10-18(19)20/h6-10,13-14,21H,11-12H2,1-5H3/t21-/m0/s1. The summed E-state index contributed by atoms with van der Waals surface area (Å²) in [6, 6.07) is 14.1. The molecule has 0 spiro atoms. The monoisotopic (exact) mass is 381 g/mol. The highest BCUT2D eigenvalue weighted by atomic mass is 16.5. The number of fused-ring (bicyclic) bond motifs is 3. The van der Waals surface area contributed by atoms with Gasteiger partial charge in [0.2, 0.25) is 0 Å². The van der Waals surface area contributed by atoms with E-state index in [0.717, 1.165) is 45.2 Å². The summed E-state index contributed by atoms with van der Waals surface area (Å²) in [5.41, 5.74) is 0.996. The second kappa shape index (κ2) is 8.48. The average molecular weight is 381 g/mol. The van der Waals surface area contributed by atoms with Crippen molar-refractivity contribution in [1.82, 2.24) is 4.90 Å².